The number of carbonyl (C=O) groups excluding carboxylic acids is 1. The first-order valence-electron chi connectivity index (χ1n) is 5.75. The third kappa shape index (κ3) is 4.90. The van der Waals surface area contributed by atoms with Crippen LogP contribution in [0.2, 0.25) is 0 Å². The van der Waals surface area contributed by atoms with Gasteiger partial charge in [0.2, 0.25) is 5.75 Å². The van der Waals surface area contributed by atoms with Gasteiger partial charge in [-0.1, -0.05) is 0 Å². The average Bonchev–Trinajstić information content (AvgIpc) is 2.24. The van der Waals surface area contributed by atoms with E-state index in [9.17, 15) is 14.9 Å². The van der Waals surface area contributed by atoms with Crippen molar-refractivity contribution < 1.29 is 14.5 Å². The van der Waals surface area contributed by atoms with Crippen LogP contribution in [0.1, 0.15) is 26.5 Å². The zero-order valence-corrected chi connectivity index (χ0v) is 11.4. The molecule has 1 aromatic rings. The number of rotatable bonds is 4. The zero-order valence-electron chi connectivity index (χ0n) is 11.4. The second kappa shape index (κ2) is 5.64. The van der Waals surface area contributed by atoms with Crippen molar-refractivity contribution in [2.24, 2.45) is 0 Å². The third-order valence-corrected chi connectivity index (χ3v) is 2.02. The largest absolute Gasteiger partial charge is 0.476 e. The van der Waals surface area contributed by atoms with Crippen LogP contribution >= 0.6 is 0 Å². The van der Waals surface area contributed by atoms with Crippen molar-refractivity contribution in [1.82, 2.24) is 10.3 Å². The molecule has 7 heteroatoms. The van der Waals surface area contributed by atoms with Gasteiger partial charge in [-0.05, 0) is 42.8 Å². The van der Waals surface area contributed by atoms with Crippen molar-refractivity contribution in [3.63, 3.8) is 0 Å². The van der Waals surface area contributed by atoms with Crippen LogP contribution < -0.4 is 10.1 Å². The molecular formula is C12H17N3O4. The highest BCUT2D eigenvalue weighted by Gasteiger charge is 2.19. The lowest BCUT2D eigenvalue weighted by Crippen LogP contribution is -2.43. The monoisotopic (exact) mass is 267 g/mol. The maximum Gasteiger partial charge on any atom is 0.406 e. The quantitative estimate of drug-likeness (QED) is 0.660. The molecule has 0 aliphatic heterocycles. The van der Waals surface area contributed by atoms with Crippen molar-refractivity contribution in [1.29, 1.82) is 0 Å². The number of ether oxygens (including phenoxy) is 1. The summed E-state index contributed by atoms with van der Waals surface area (Å²) >= 11 is 0. The molecule has 0 aliphatic carbocycles. The average molecular weight is 267 g/mol. The molecule has 1 heterocycles. The van der Waals surface area contributed by atoms with Gasteiger partial charge in [0, 0.05) is 12.5 Å². The predicted molar refractivity (Wildman–Crippen MR) is 69.0 cm³/mol. The van der Waals surface area contributed by atoms with Crippen LogP contribution in [0.15, 0.2) is 12.1 Å². The summed E-state index contributed by atoms with van der Waals surface area (Å²) in [4.78, 5) is 25.5. The molecule has 0 bridgehead atoms. The van der Waals surface area contributed by atoms with Gasteiger partial charge in [0.1, 0.15) is 5.69 Å². The Morgan fingerprint density at radius 1 is 1.47 bits per heavy atom. The van der Waals surface area contributed by atoms with E-state index in [1.54, 1.807) is 13.0 Å². The van der Waals surface area contributed by atoms with Gasteiger partial charge in [-0.2, -0.15) is 0 Å². The lowest BCUT2D eigenvalue weighted by atomic mass is 10.1. The fraction of sp³-hybridized carbons (Fsp3) is 0.500. The number of carbonyl (C=O) groups is 1. The highest BCUT2D eigenvalue weighted by atomic mass is 16.6. The van der Waals surface area contributed by atoms with Crippen molar-refractivity contribution >= 4 is 11.7 Å². The Bertz CT molecular complexity index is 494. The summed E-state index contributed by atoms with van der Waals surface area (Å²) in [5, 5.41) is 13.5. The number of amides is 1. The van der Waals surface area contributed by atoms with Gasteiger partial charge in [0.25, 0.3) is 5.91 Å². The van der Waals surface area contributed by atoms with Gasteiger partial charge in [-0.3, -0.25) is 4.79 Å². The lowest BCUT2D eigenvalue weighted by Gasteiger charge is -2.20. The van der Waals surface area contributed by atoms with Crippen LogP contribution in [0.4, 0.5) is 5.82 Å². The van der Waals surface area contributed by atoms with Gasteiger partial charge < -0.3 is 20.2 Å². The van der Waals surface area contributed by atoms with Gasteiger partial charge >= 0.3 is 5.82 Å². The van der Waals surface area contributed by atoms with E-state index in [-0.39, 0.29) is 29.6 Å². The Kier molecular flexibility index (Phi) is 4.42. The van der Waals surface area contributed by atoms with Gasteiger partial charge in [-0.15, -0.1) is 0 Å². The normalized spacial score (nSPS) is 10.9. The van der Waals surface area contributed by atoms with Crippen LogP contribution in [0.5, 0.6) is 5.75 Å². The van der Waals surface area contributed by atoms with Crippen molar-refractivity contribution in [2.45, 2.75) is 33.2 Å². The molecule has 0 saturated carbocycles. The second-order valence-corrected chi connectivity index (χ2v) is 5.12. The minimum absolute atomic E-state index is 0.0142. The number of nitrogens with one attached hydrogen (secondary N) is 1. The van der Waals surface area contributed by atoms with Crippen LogP contribution in [0, 0.1) is 17.0 Å². The van der Waals surface area contributed by atoms with E-state index < -0.39 is 4.92 Å². The maximum absolute atomic E-state index is 11.6. The maximum atomic E-state index is 11.6. The predicted octanol–water partition coefficient (Wildman–Crippen LogP) is 1.59. The van der Waals surface area contributed by atoms with Crippen LogP contribution in [0.3, 0.4) is 0 Å². The summed E-state index contributed by atoms with van der Waals surface area (Å²) in [6.07, 6.45) is 0. The Morgan fingerprint density at radius 3 is 2.63 bits per heavy atom. The molecule has 0 aliphatic rings. The number of aryl methyl sites for hydroxylation is 1. The van der Waals surface area contributed by atoms with E-state index in [4.69, 9.17) is 4.74 Å². The van der Waals surface area contributed by atoms with Crippen molar-refractivity contribution in [3.8, 4) is 5.75 Å². The first kappa shape index (κ1) is 14.9. The highest BCUT2D eigenvalue weighted by Crippen LogP contribution is 2.24. The van der Waals surface area contributed by atoms with E-state index in [1.165, 1.54) is 6.07 Å². The summed E-state index contributed by atoms with van der Waals surface area (Å²) in [6.45, 7) is 6.86. The smallest absolute Gasteiger partial charge is 0.406 e. The summed E-state index contributed by atoms with van der Waals surface area (Å²) in [5.74, 6) is -0.745. The van der Waals surface area contributed by atoms with Gasteiger partial charge in [0.15, 0.2) is 6.61 Å². The lowest BCUT2D eigenvalue weighted by molar-refractivity contribution is -0.390. The summed E-state index contributed by atoms with van der Waals surface area (Å²) in [6, 6.07) is 3.02. The first-order chi connectivity index (χ1) is 8.69. The zero-order chi connectivity index (χ0) is 14.6. The van der Waals surface area contributed by atoms with E-state index in [1.807, 2.05) is 20.8 Å². The van der Waals surface area contributed by atoms with Gasteiger partial charge in [-0.25, -0.2) is 0 Å². The molecule has 1 amide bonds. The van der Waals surface area contributed by atoms with E-state index in [2.05, 4.69) is 10.3 Å². The number of hydrogen-bond acceptors (Lipinski definition) is 5. The number of aromatic nitrogens is 1. The minimum Gasteiger partial charge on any atom is -0.476 e. The minimum atomic E-state index is -0.635. The molecule has 0 fully saturated rings. The third-order valence-electron chi connectivity index (χ3n) is 2.02. The molecule has 1 aromatic heterocycles. The molecule has 0 unspecified atom stereocenters. The van der Waals surface area contributed by atoms with E-state index in [0.717, 1.165) is 0 Å². The summed E-state index contributed by atoms with van der Waals surface area (Å²) in [7, 11) is 0. The second-order valence-electron chi connectivity index (χ2n) is 5.12. The molecule has 0 saturated heterocycles. The van der Waals surface area contributed by atoms with Crippen molar-refractivity contribution in [3.05, 3.63) is 27.9 Å². The topological polar surface area (TPSA) is 94.4 Å². The SMILES string of the molecule is Cc1ccc(OCC(=O)NC(C)(C)C)c([N+](=O)[O-])n1. The van der Waals surface area contributed by atoms with E-state index >= 15 is 0 Å². The van der Waals surface area contributed by atoms with Gasteiger partial charge in [0.05, 0.1) is 0 Å². The Balaban J connectivity index is 2.73. The number of pyridine rings is 1. The summed E-state index contributed by atoms with van der Waals surface area (Å²) < 4.78 is 5.14. The number of nitrogens with zero attached hydrogens (tertiary/aromatic N) is 2. The molecule has 0 radical (unpaired) electrons. The molecule has 0 aromatic carbocycles. The first-order valence-corrected chi connectivity index (χ1v) is 5.75. The Morgan fingerprint density at radius 2 is 2.11 bits per heavy atom. The number of hydrogen-bond donors (Lipinski definition) is 1. The molecule has 1 N–H and O–H groups in total. The summed E-state index contributed by atoms with van der Waals surface area (Å²) in [5.41, 5.74) is 0.135. The van der Waals surface area contributed by atoms with E-state index in [0.29, 0.717) is 5.69 Å². The molecule has 0 spiro atoms. The fourth-order valence-electron chi connectivity index (χ4n) is 1.37. The van der Waals surface area contributed by atoms with Crippen LogP contribution in [-0.2, 0) is 4.79 Å². The molecule has 1 rings (SSSR count). The molecule has 7 nitrogen and oxygen atoms in total. The van der Waals surface area contributed by atoms with Crippen LogP contribution in [0.25, 0.3) is 0 Å². The highest BCUT2D eigenvalue weighted by molar-refractivity contribution is 5.78. The standard InChI is InChI=1S/C12H17N3O4/c1-8-5-6-9(11(13-8)15(17)18)19-7-10(16)14-12(2,3)4/h5-6H,7H2,1-4H3,(H,14,16). The molecular weight excluding hydrogens is 250 g/mol. The Hall–Kier alpha value is -2.18. The van der Waals surface area contributed by atoms with Crippen LogP contribution in [-0.4, -0.2) is 28.0 Å². The fourth-order valence-corrected chi connectivity index (χ4v) is 1.37. The Labute approximate surface area is 111 Å². The molecule has 104 valence electrons. The van der Waals surface area contributed by atoms with Crippen molar-refractivity contribution in [2.75, 3.05) is 6.61 Å². The molecule has 19 heavy (non-hydrogen) atoms. The number of nitro groups is 1. The molecule has 0 atom stereocenters.